The van der Waals surface area contributed by atoms with Crippen molar-refractivity contribution in [3.05, 3.63) is 191 Å². The summed E-state index contributed by atoms with van der Waals surface area (Å²) in [5.41, 5.74) is 7.31. The van der Waals surface area contributed by atoms with Gasteiger partial charge in [-0.2, -0.15) is 0 Å². The van der Waals surface area contributed by atoms with Crippen LogP contribution in [0.1, 0.15) is 38.9 Å². The molecule has 50 heavy (non-hydrogen) atoms. The Morgan fingerprint density at radius 1 is 0.680 bits per heavy atom. The summed E-state index contributed by atoms with van der Waals surface area (Å²) in [6, 6.07) is 45.4. The van der Waals surface area contributed by atoms with Gasteiger partial charge in [-0.3, -0.25) is 4.79 Å². The molecular weight excluding hydrogens is 643 g/mol. The number of thioether (sulfide) groups is 1. The van der Waals surface area contributed by atoms with Gasteiger partial charge in [-0.05, 0) is 53.8 Å². The van der Waals surface area contributed by atoms with Crippen molar-refractivity contribution >= 4 is 41.8 Å². The molecule has 0 spiro atoms. The highest BCUT2D eigenvalue weighted by Gasteiger charge is 2.38. The molecule has 2 N–H and O–H groups in total. The SMILES string of the molecule is COC(=O)[C@@H](CSC(c1ccccc1)(c1ccccc1)c1ccccc1)NC(=O)/C=C/c1cccc(C)c1.Cc1cccc(/C=C/C(=O)O)c1. The smallest absolute Gasteiger partial charge is 0.329 e. The van der Waals surface area contributed by atoms with Crippen LogP contribution in [0.4, 0.5) is 0 Å². The molecule has 0 unspecified atom stereocenters. The number of rotatable bonds is 12. The predicted molar refractivity (Wildman–Crippen MR) is 204 cm³/mol. The van der Waals surface area contributed by atoms with Crippen LogP contribution in [-0.4, -0.2) is 41.9 Å². The quantitative estimate of drug-likeness (QED) is 0.0779. The first-order valence-electron chi connectivity index (χ1n) is 16.1. The van der Waals surface area contributed by atoms with Crippen LogP contribution >= 0.6 is 11.8 Å². The lowest BCUT2D eigenvalue weighted by atomic mass is 9.84. The van der Waals surface area contributed by atoms with Crippen LogP contribution in [0, 0.1) is 13.8 Å². The maximum Gasteiger partial charge on any atom is 0.329 e. The van der Waals surface area contributed by atoms with Crippen LogP contribution in [-0.2, 0) is 23.9 Å². The third-order valence-electron chi connectivity index (χ3n) is 7.74. The van der Waals surface area contributed by atoms with E-state index in [1.54, 1.807) is 23.9 Å². The fraction of sp³-hybridized carbons (Fsp3) is 0.140. The first kappa shape index (κ1) is 37.2. The molecule has 0 bridgehead atoms. The van der Waals surface area contributed by atoms with Crippen LogP contribution in [0.3, 0.4) is 0 Å². The molecule has 5 aromatic rings. The topological polar surface area (TPSA) is 92.7 Å². The van der Waals surface area contributed by atoms with Crippen molar-refractivity contribution in [2.45, 2.75) is 24.6 Å². The number of carbonyl (C=O) groups is 3. The van der Waals surface area contributed by atoms with E-state index in [9.17, 15) is 14.4 Å². The molecule has 0 aliphatic rings. The average molecular weight is 684 g/mol. The number of methoxy groups -OCH3 is 1. The molecule has 6 nitrogen and oxygen atoms in total. The molecule has 1 amide bonds. The van der Waals surface area contributed by atoms with Crippen molar-refractivity contribution in [2.75, 3.05) is 12.9 Å². The molecule has 0 radical (unpaired) electrons. The summed E-state index contributed by atoms with van der Waals surface area (Å²) in [6.07, 6.45) is 5.91. The standard InChI is InChI=1S/C33H31NO3S.C10H10O2/c1-25-13-12-14-26(23-25)21-22-31(35)34-30(32(36)37-2)24-38-33(27-15-6-3-7-16-27,28-17-8-4-9-18-28)29-19-10-5-11-20-29;1-8-3-2-4-9(7-8)5-6-10(11)12/h3-23,30H,24H2,1-2H3,(H,34,35);2-7H,1H3,(H,11,12)/b22-21+;6-5+/t30-;/m1./s1. The van der Waals surface area contributed by atoms with Crippen molar-refractivity contribution in [1.29, 1.82) is 0 Å². The Morgan fingerprint density at radius 3 is 1.52 bits per heavy atom. The highest BCUT2D eigenvalue weighted by atomic mass is 32.2. The summed E-state index contributed by atoms with van der Waals surface area (Å²) in [4.78, 5) is 35.8. The molecule has 0 saturated carbocycles. The van der Waals surface area contributed by atoms with Crippen molar-refractivity contribution in [1.82, 2.24) is 5.32 Å². The van der Waals surface area contributed by atoms with Gasteiger partial charge in [-0.1, -0.05) is 151 Å². The Hall–Kier alpha value is -5.66. The second kappa shape index (κ2) is 18.8. The molecule has 0 aliphatic carbocycles. The number of esters is 1. The number of benzene rings is 5. The number of nitrogens with one attached hydrogen (secondary N) is 1. The predicted octanol–water partition coefficient (Wildman–Crippen LogP) is 8.48. The maximum absolute atomic E-state index is 12.9. The number of aryl methyl sites for hydroxylation is 2. The molecular formula is C43H41NO5S. The van der Waals surface area contributed by atoms with Crippen LogP contribution < -0.4 is 5.32 Å². The zero-order valence-corrected chi connectivity index (χ0v) is 29.2. The lowest BCUT2D eigenvalue weighted by molar-refractivity contribution is -0.143. The van der Waals surface area contributed by atoms with E-state index in [0.717, 1.165) is 45.0 Å². The molecule has 254 valence electrons. The van der Waals surface area contributed by atoms with E-state index in [4.69, 9.17) is 9.84 Å². The maximum atomic E-state index is 12.9. The van der Waals surface area contributed by atoms with Gasteiger partial charge < -0.3 is 15.2 Å². The van der Waals surface area contributed by atoms with Crippen molar-refractivity contribution in [3.8, 4) is 0 Å². The van der Waals surface area contributed by atoms with Crippen molar-refractivity contribution < 1.29 is 24.2 Å². The highest BCUT2D eigenvalue weighted by Crippen LogP contribution is 2.48. The molecule has 5 rings (SSSR count). The number of hydrogen-bond donors (Lipinski definition) is 2. The Labute approximate surface area is 298 Å². The number of amides is 1. The Morgan fingerprint density at radius 2 is 1.12 bits per heavy atom. The van der Waals surface area contributed by atoms with Gasteiger partial charge in [0.15, 0.2) is 0 Å². The number of hydrogen-bond acceptors (Lipinski definition) is 5. The summed E-state index contributed by atoms with van der Waals surface area (Å²) in [7, 11) is 1.34. The van der Waals surface area contributed by atoms with E-state index in [2.05, 4.69) is 41.7 Å². The largest absolute Gasteiger partial charge is 0.478 e. The zero-order chi connectivity index (χ0) is 35.8. The van der Waals surface area contributed by atoms with Crippen LogP contribution in [0.25, 0.3) is 12.2 Å². The van der Waals surface area contributed by atoms with Crippen molar-refractivity contribution in [3.63, 3.8) is 0 Å². The minimum Gasteiger partial charge on any atom is -0.478 e. The minimum absolute atomic E-state index is 0.301. The van der Waals surface area contributed by atoms with E-state index in [0.29, 0.717) is 5.75 Å². The summed E-state index contributed by atoms with van der Waals surface area (Å²) in [5.74, 6) is -1.46. The van der Waals surface area contributed by atoms with E-state index in [1.807, 2.05) is 117 Å². The van der Waals surface area contributed by atoms with Crippen LogP contribution in [0.15, 0.2) is 152 Å². The third kappa shape index (κ3) is 10.7. The normalized spacial score (nSPS) is 11.7. The molecule has 1 atom stereocenters. The first-order valence-corrected chi connectivity index (χ1v) is 17.1. The Bertz CT molecular complexity index is 1810. The number of ether oxygens (including phenoxy) is 1. The van der Waals surface area contributed by atoms with Crippen LogP contribution in [0.2, 0.25) is 0 Å². The van der Waals surface area contributed by atoms with Crippen molar-refractivity contribution in [2.24, 2.45) is 0 Å². The molecule has 7 heteroatoms. The third-order valence-corrected chi connectivity index (χ3v) is 9.38. The van der Waals surface area contributed by atoms with Gasteiger partial charge in [0.25, 0.3) is 0 Å². The summed E-state index contributed by atoms with van der Waals surface area (Å²) < 4.78 is 4.47. The molecule has 0 heterocycles. The first-order chi connectivity index (χ1) is 24.2. The number of carboxylic acid groups (broad SMARTS) is 1. The zero-order valence-electron chi connectivity index (χ0n) is 28.4. The van der Waals surface area contributed by atoms with Gasteiger partial charge in [0.1, 0.15) is 6.04 Å². The second-order valence-corrected chi connectivity index (χ2v) is 12.7. The number of carbonyl (C=O) groups excluding carboxylic acids is 2. The highest BCUT2D eigenvalue weighted by molar-refractivity contribution is 8.00. The van der Waals surface area contributed by atoms with E-state index in [1.165, 1.54) is 13.2 Å². The average Bonchev–Trinajstić information content (AvgIpc) is 3.14. The molecule has 0 saturated heterocycles. The monoisotopic (exact) mass is 683 g/mol. The second-order valence-electron chi connectivity index (χ2n) is 11.5. The summed E-state index contributed by atoms with van der Waals surface area (Å²) >= 11 is 1.60. The summed E-state index contributed by atoms with van der Waals surface area (Å²) in [5, 5.41) is 11.2. The fourth-order valence-corrected chi connectivity index (χ4v) is 6.94. The molecule has 5 aromatic carbocycles. The Balaban J connectivity index is 0.000000396. The van der Waals surface area contributed by atoms with Gasteiger partial charge in [0.05, 0.1) is 11.9 Å². The van der Waals surface area contributed by atoms with Gasteiger partial charge in [-0.15, -0.1) is 11.8 Å². The lowest BCUT2D eigenvalue weighted by Gasteiger charge is -2.36. The molecule has 0 fully saturated rings. The molecule has 0 aromatic heterocycles. The van der Waals surface area contributed by atoms with E-state index >= 15 is 0 Å². The van der Waals surface area contributed by atoms with Gasteiger partial charge in [0, 0.05) is 17.9 Å². The molecule has 0 aliphatic heterocycles. The van der Waals surface area contributed by atoms with Gasteiger partial charge in [0.2, 0.25) is 5.91 Å². The van der Waals surface area contributed by atoms with Crippen LogP contribution in [0.5, 0.6) is 0 Å². The minimum atomic E-state index is -0.920. The van der Waals surface area contributed by atoms with Gasteiger partial charge >= 0.3 is 11.9 Å². The van der Waals surface area contributed by atoms with E-state index in [-0.39, 0.29) is 5.91 Å². The Kier molecular flexibility index (Phi) is 14.0. The lowest BCUT2D eigenvalue weighted by Crippen LogP contribution is -2.43. The van der Waals surface area contributed by atoms with Gasteiger partial charge in [-0.25, -0.2) is 9.59 Å². The fourth-order valence-electron chi connectivity index (χ4n) is 5.39. The summed E-state index contributed by atoms with van der Waals surface area (Å²) in [6.45, 7) is 3.97. The number of carboxylic acids is 1. The number of aliphatic carboxylic acids is 1. The van der Waals surface area contributed by atoms with E-state index < -0.39 is 22.7 Å².